The SMILES string of the molecule is CCOc1cncc(N(CCCN)C2CC2)n1. The van der Waals surface area contributed by atoms with E-state index in [0.29, 0.717) is 25.1 Å². The fourth-order valence-electron chi connectivity index (χ4n) is 1.83. The van der Waals surface area contributed by atoms with Crippen LogP contribution in [0.15, 0.2) is 12.4 Å². The van der Waals surface area contributed by atoms with Crippen molar-refractivity contribution in [2.24, 2.45) is 5.73 Å². The summed E-state index contributed by atoms with van der Waals surface area (Å²) in [7, 11) is 0. The molecule has 0 atom stereocenters. The summed E-state index contributed by atoms with van der Waals surface area (Å²) in [4.78, 5) is 11.0. The Morgan fingerprint density at radius 3 is 2.94 bits per heavy atom. The highest BCUT2D eigenvalue weighted by molar-refractivity contribution is 5.40. The van der Waals surface area contributed by atoms with Crippen molar-refractivity contribution in [2.75, 3.05) is 24.6 Å². The fourth-order valence-corrected chi connectivity index (χ4v) is 1.83. The molecule has 1 aliphatic carbocycles. The second kappa shape index (κ2) is 5.82. The third-order valence-electron chi connectivity index (χ3n) is 2.78. The number of hydrogen-bond acceptors (Lipinski definition) is 5. The maximum atomic E-state index is 5.57. The molecule has 1 aliphatic rings. The lowest BCUT2D eigenvalue weighted by Gasteiger charge is -2.23. The number of rotatable bonds is 7. The van der Waals surface area contributed by atoms with Crippen LogP contribution in [0, 0.1) is 0 Å². The average Bonchev–Trinajstić information content (AvgIpc) is 3.15. The molecule has 1 aromatic rings. The molecule has 0 saturated heterocycles. The first-order valence-electron chi connectivity index (χ1n) is 6.26. The number of nitrogens with zero attached hydrogens (tertiary/aromatic N) is 3. The maximum Gasteiger partial charge on any atom is 0.234 e. The summed E-state index contributed by atoms with van der Waals surface area (Å²) >= 11 is 0. The number of anilines is 1. The summed E-state index contributed by atoms with van der Waals surface area (Å²) < 4.78 is 5.38. The minimum absolute atomic E-state index is 0.600. The molecule has 2 rings (SSSR count). The maximum absolute atomic E-state index is 5.57. The van der Waals surface area contributed by atoms with Gasteiger partial charge in [0.05, 0.1) is 19.0 Å². The Hall–Kier alpha value is -1.36. The van der Waals surface area contributed by atoms with E-state index in [1.165, 1.54) is 12.8 Å². The first kappa shape index (κ1) is 12.1. The summed E-state index contributed by atoms with van der Waals surface area (Å²) in [6, 6.07) is 0.618. The van der Waals surface area contributed by atoms with Gasteiger partial charge in [0.2, 0.25) is 5.88 Å². The van der Waals surface area contributed by atoms with E-state index in [1.54, 1.807) is 12.4 Å². The van der Waals surface area contributed by atoms with E-state index in [1.807, 2.05) is 6.92 Å². The van der Waals surface area contributed by atoms with Crippen molar-refractivity contribution in [3.05, 3.63) is 12.4 Å². The Balaban J connectivity index is 2.08. The van der Waals surface area contributed by atoms with E-state index < -0.39 is 0 Å². The Morgan fingerprint density at radius 1 is 1.47 bits per heavy atom. The molecule has 0 radical (unpaired) electrons. The lowest BCUT2D eigenvalue weighted by atomic mass is 10.3. The molecule has 94 valence electrons. The first-order chi connectivity index (χ1) is 8.35. The van der Waals surface area contributed by atoms with Crippen molar-refractivity contribution in [1.29, 1.82) is 0 Å². The zero-order chi connectivity index (χ0) is 12.1. The van der Waals surface area contributed by atoms with Crippen molar-refractivity contribution >= 4 is 5.82 Å². The third kappa shape index (κ3) is 3.30. The van der Waals surface area contributed by atoms with Crippen molar-refractivity contribution in [3.8, 4) is 5.88 Å². The van der Waals surface area contributed by atoms with Crippen molar-refractivity contribution in [3.63, 3.8) is 0 Å². The molecule has 17 heavy (non-hydrogen) atoms. The summed E-state index contributed by atoms with van der Waals surface area (Å²) in [6.07, 6.45) is 6.92. The van der Waals surface area contributed by atoms with Gasteiger partial charge in [0.25, 0.3) is 0 Å². The van der Waals surface area contributed by atoms with Crippen LogP contribution in [0.5, 0.6) is 5.88 Å². The molecule has 0 spiro atoms. The van der Waals surface area contributed by atoms with Gasteiger partial charge < -0.3 is 15.4 Å². The molecule has 0 aliphatic heterocycles. The molecular formula is C12H20N4O. The Bertz CT molecular complexity index is 354. The van der Waals surface area contributed by atoms with Gasteiger partial charge in [-0.15, -0.1) is 0 Å². The van der Waals surface area contributed by atoms with Crippen LogP contribution in [-0.4, -0.2) is 35.7 Å². The Morgan fingerprint density at radius 2 is 2.29 bits per heavy atom. The van der Waals surface area contributed by atoms with Crippen LogP contribution in [0.25, 0.3) is 0 Å². The van der Waals surface area contributed by atoms with Crippen LogP contribution in [0.4, 0.5) is 5.82 Å². The molecule has 1 aromatic heterocycles. The summed E-state index contributed by atoms with van der Waals surface area (Å²) in [5, 5.41) is 0. The van der Waals surface area contributed by atoms with Gasteiger partial charge in [0, 0.05) is 12.6 Å². The van der Waals surface area contributed by atoms with E-state index in [-0.39, 0.29) is 0 Å². The minimum atomic E-state index is 0.600. The van der Waals surface area contributed by atoms with Gasteiger partial charge in [-0.3, -0.25) is 4.98 Å². The van der Waals surface area contributed by atoms with E-state index in [2.05, 4.69) is 14.9 Å². The molecule has 1 heterocycles. The smallest absolute Gasteiger partial charge is 0.234 e. The van der Waals surface area contributed by atoms with Gasteiger partial charge in [-0.1, -0.05) is 0 Å². The number of aromatic nitrogens is 2. The zero-order valence-corrected chi connectivity index (χ0v) is 10.3. The summed E-state index contributed by atoms with van der Waals surface area (Å²) in [6.45, 7) is 4.22. The molecule has 0 unspecified atom stereocenters. The third-order valence-corrected chi connectivity index (χ3v) is 2.78. The van der Waals surface area contributed by atoms with Crippen LogP contribution in [-0.2, 0) is 0 Å². The highest BCUT2D eigenvalue weighted by atomic mass is 16.5. The van der Waals surface area contributed by atoms with Crippen LogP contribution < -0.4 is 15.4 Å². The molecule has 0 bridgehead atoms. The van der Waals surface area contributed by atoms with E-state index in [9.17, 15) is 0 Å². The van der Waals surface area contributed by atoms with Gasteiger partial charge in [-0.05, 0) is 32.7 Å². The number of nitrogens with two attached hydrogens (primary N) is 1. The van der Waals surface area contributed by atoms with Crippen molar-refractivity contribution in [1.82, 2.24) is 9.97 Å². The standard InChI is InChI=1S/C12H20N4O/c1-2-17-12-9-14-8-11(15-12)16(7-3-6-13)10-4-5-10/h8-10H,2-7,13H2,1H3. The van der Waals surface area contributed by atoms with Gasteiger partial charge in [-0.2, -0.15) is 4.98 Å². The normalized spacial score (nSPS) is 14.7. The van der Waals surface area contributed by atoms with Gasteiger partial charge >= 0.3 is 0 Å². The highest BCUT2D eigenvalue weighted by Crippen LogP contribution is 2.30. The predicted octanol–water partition coefficient (Wildman–Crippen LogP) is 1.19. The molecule has 2 N–H and O–H groups in total. The first-order valence-corrected chi connectivity index (χ1v) is 6.26. The second-order valence-electron chi connectivity index (χ2n) is 4.22. The van der Waals surface area contributed by atoms with Gasteiger partial charge in [-0.25, -0.2) is 0 Å². The van der Waals surface area contributed by atoms with E-state index in [4.69, 9.17) is 10.5 Å². The lowest BCUT2D eigenvalue weighted by molar-refractivity contribution is 0.325. The summed E-state index contributed by atoms with van der Waals surface area (Å²) in [5.41, 5.74) is 5.57. The van der Waals surface area contributed by atoms with Crippen molar-refractivity contribution < 1.29 is 4.74 Å². The largest absolute Gasteiger partial charge is 0.477 e. The quantitative estimate of drug-likeness (QED) is 0.770. The molecule has 5 nitrogen and oxygen atoms in total. The van der Waals surface area contributed by atoms with E-state index in [0.717, 1.165) is 18.8 Å². The molecule has 0 aromatic carbocycles. The summed E-state index contributed by atoms with van der Waals surface area (Å²) in [5.74, 6) is 1.51. The van der Waals surface area contributed by atoms with Gasteiger partial charge in [0.15, 0.2) is 5.82 Å². The average molecular weight is 236 g/mol. The number of hydrogen-bond donors (Lipinski definition) is 1. The van der Waals surface area contributed by atoms with Crippen LogP contribution in [0.3, 0.4) is 0 Å². The lowest BCUT2D eigenvalue weighted by Crippen LogP contribution is -2.29. The molecule has 1 saturated carbocycles. The van der Waals surface area contributed by atoms with Gasteiger partial charge in [0.1, 0.15) is 0 Å². The second-order valence-corrected chi connectivity index (χ2v) is 4.22. The highest BCUT2D eigenvalue weighted by Gasteiger charge is 2.29. The van der Waals surface area contributed by atoms with Crippen LogP contribution in [0.1, 0.15) is 26.2 Å². The molecule has 1 fully saturated rings. The Kier molecular flexibility index (Phi) is 4.14. The van der Waals surface area contributed by atoms with Crippen LogP contribution >= 0.6 is 0 Å². The molecule has 0 amide bonds. The predicted molar refractivity (Wildman–Crippen MR) is 67.2 cm³/mol. The molecular weight excluding hydrogens is 216 g/mol. The van der Waals surface area contributed by atoms with E-state index >= 15 is 0 Å². The topological polar surface area (TPSA) is 64.3 Å². The monoisotopic (exact) mass is 236 g/mol. The molecule has 5 heteroatoms. The van der Waals surface area contributed by atoms with Crippen LogP contribution in [0.2, 0.25) is 0 Å². The fraction of sp³-hybridized carbons (Fsp3) is 0.667. The Labute approximate surface area is 102 Å². The van der Waals surface area contributed by atoms with Crippen molar-refractivity contribution in [2.45, 2.75) is 32.2 Å². The zero-order valence-electron chi connectivity index (χ0n) is 10.3. The minimum Gasteiger partial charge on any atom is -0.477 e. The number of ether oxygens (including phenoxy) is 1.